The summed E-state index contributed by atoms with van der Waals surface area (Å²) < 4.78 is 28.9. The molecular weight excluding hydrogens is 350 g/mol. The quantitative estimate of drug-likeness (QED) is 0.448. The van der Waals surface area contributed by atoms with Crippen LogP contribution in [0.4, 0.5) is 0 Å². The van der Waals surface area contributed by atoms with Crippen LogP contribution in [0.15, 0.2) is 29.3 Å². The molecule has 0 spiro atoms. The van der Waals surface area contributed by atoms with E-state index >= 15 is 0 Å². The summed E-state index contributed by atoms with van der Waals surface area (Å²) in [5.41, 5.74) is 1.40. The highest BCUT2D eigenvalue weighted by molar-refractivity contribution is 7.91. The van der Waals surface area contributed by atoms with Crippen LogP contribution in [0, 0.1) is 0 Å². The highest BCUT2D eigenvalue weighted by Crippen LogP contribution is 2.24. The van der Waals surface area contributed by atoms with Crippen molar-refractivity contribution in [1.82, 2.24) is 10.6 Å². The van der Waals surface area contributed by atoms with Crippen LogP contribution in [0.5, 0.6) is 5.75 Å². The first-order valence-electron chi connectivity index (χ1n) is 9.18. The second-order valence-corrected chi connectivity index (χ2v) is 9.86. The van der Waals surface area contributed by atoms with Gasteiger partial charge in [-0.05, 0) is 36.5 Å². The largest absolute Gasteiger partial charge is 0.492 e. The first-order chi connectivity index (χ1) is 12.2. The lowest BCUT2D eigenvalue weighted by Gasteiger charge is -2.19. The van der Waals surface area contributed by atoms with Gasteiger partial charge in [0.25, 0.3) is 0 Å². The van der Waals surface area contributed by atoms with E-state index in [1.807, 2.05) is 19.1 Å². The molecule has 0 amide bonds. The van der Waals surface area contributed by atoms with Gasteiger partial charge in [0.05, 0.1) is 18.1 Å². The lowest BCUT2D eigenvalue weighted by molar-refractivity contribution is 0.328. The van der Waals surface area contributed by atoms with Crippen molar-refractivity contribution in [3.05, 3.63) is 29.8 Å². The fourth-order valence-electron chi connectivity index (χ4n) is 2.79. The summed E-state index contributed by atoms with van der Waals surface area (Å²) in [4.78, 5) is 4.47. The van der Waals surface area contributed by atoms with Gasteiger partial charge >= 0.3 is 0 Å². The molecule has 0 aliphatic carbocycles. The van der Waals surface area contributed by atoms with Gasteiger partial charge in [-0.1, -0.05) is 32.9 Å². The van der Waals surface area contributed by atoms with Crippen LogP contribution in [-0.4, -0.2) is 51.6 Å². The zero-order chi connectivity index (χ0) is 19.2. The molecular formula is C19H31N3O3S. The van der Waals surface area contributed by atoms with Crippen LogP contribution in [0.25, 0.3) is 0 Å². The number of rotatable bonds is 6. The lowest BCUT2D eigenvalue weighted by atomic mass is 9.87. The third kappa shape index (κ3) is 6.52. The molecule has 26 heavy (non-hydrogen) atoms. The standard InChI is InChI=1S/C19H31N3O3S/c1-5-20-18(22-16-10-13-26(23,24)14-16)21-11-12-25-17-8-6-15(7-9-17)19(2,3)4/h6-9,16H,5,10-14H2,1-4H3,(H2,20,21,22). The molecule has 1 aromatic rings. The number of hydrogen-bond donors (Lipinski definition) is 2. The summed E-state index contributed by atoms with van der Waals surface area (Å²) in [6.07, 6.45) is 0.628. The molecule has 1 heterocycles. The number of guanidine groups is 1. The minimum absolute atomic E-state index is 0.0661. The number of sulfone groups is 1. The first kappa shape index (κ1) is 20.6. The molecule has 1 aromatic carbocycles. The van der Waals surface area contributed by atoms with Gasteiger partial charge in [0.15, 0.2) is 15.8 Å². The summed E-state index contributed by atoms with van der Waals surface area (Å²) >= 11 is 0. The average Bonchev–Trinajstić information content (AvgIpc) is 2.90. The molecule has 1 aliphatic heterocycles. The van der Waals surface area contributed by atoms with Gasteiger partial charge in [-0.25, -0.2) is 13.4 Å². The Hall–Kier alpha value is -1.76. The molecule has 0 aromatic heterocycles. The second kappa shape index (κ2) is 8.75. The Balaban J connectivity index is 1.82. The minimum Gasteiger partial charge on any atom is -0.492 e. The van der Waals surface area contributed by atoms with E-state index in [1.54, 1.807) is 0 Å². The summed E-state index contributed by atoms with van der Waals surface area (Å²) in [6.45, 7) is 10.2. The number of nitrogens with zero attached hydrogens (tertiary/aromatic N) is 1. The summed E-state index contributed by atoms with van der Waals surface area (Å²) in [5.74, 6) is 1.89. The van der Waals surface area contributed by atoms with Crippen molar-refractivity contribution in [1.29, 1.82) is 0 Å². The molecule has 0 radical (unpaired) electrons. The van der Waals surface area contributed by atoms with Crippen molar-refractivity contribution in [2.24, 2.45) is 4.99 Å². The van der Waals surface area contributed by atoms with E-state index in [0.717, 1.165) is 12.3 Å². The van der Waals surface area contributed by atoms with Crippen molar-refractivity contribution in [2.75, 3.05) is 31.2 Å². The highest BCUT2D eigenvalue weighted by atomic mass is 32.2. The van der Waals surface area contributed by atoms with E-state index in [1.165, 1.54) is 5.56 Å². The maximum atomic E-state index is 11.6. The van der Waals surface area contributed by atoms with Crippen LogP contribution < -0.4 is 15.4 Å². The third-order valence-corrected chi connectivity index (χ3v) is 6.04. The monoisotopic (exact) mass is 381 g/mol. The molecule has 1 saturated heterocycles. The van der Waals surface area contributed by atoms with Crippen molar-refractivity contribution in [3.63, 3.8) is 0 Å². The van der Waals surface area contributed by atoms with Gasteiger partial charge in [-0.3, -0.25) is 0 Å². The Morgan fingerprint density at radius 3 is 2.50 bits per heavy atom. The van der Waals surface area contributed by atoms with Crippen LogP contribution in [0.2, 0.25) is 0 Å². The van der Waals surface area contributed by atoms with E-state index < -0.39 is 9.84 Å². The minimum atomic E-state index is -2.90. The number of nitrogens with one attached hydrogen (secondary N) is 2. The second-order valence-electron chi connectivity index (χ2n) is 7.63. The number of benzene rings is 1. The van der Waals surface area contributed by atoms with Gasteiger partial charge in [-0.2, -0.15) is 0 Å². The van der Waals surface area contributed by atoms with E-state index in [4.69, 9.17) is 4.74 Å². The van der Waals surface area contributed by atoms with Crippen molar-refractivity contribution in [3.8, 4) is 5.75 Å². The molecule has 146 valence electrons. The van der Waals surface area contributed by atoms with Crippen molar-refractivity contribution in [2.45, 2.75) is 45.6 Å². The molecule has 1 aliphatic rings. The van der Waals surface area contributed by atoms with Crippen LogP contribution in [0.3, 0.4) is 0 Å². The smallest absolute Gasteiger partial charge is 0.191 e. The molecule has 0 saturated carbocycles. The first-order valence-corrected chi connectivity index (χ1v) is 11.0. The number of hydrogen-bond acceptors (Lipinski definition) is 4. The molecule has 1 fully saturated rings. The van der Waals surface area contributed by atoms with Gasteiger partial charge in [0.2, 0.25) is 0 Å². The maximum Gasteiger partial charge on any atom is 0.191 e. The Labute approximate surface area is 157 Å². The highest BCUT2D eigenvalue weighted by Gasteiger charge is 2.28. The molecule has 6 nitrogen and oxygen atoms in total. The van der Waals surface area contributed by atoms with Gasteiger partial charge in [0.1, 0.15) is 12.4 Å². The van der Waals surface area contributed by atoms with Gasteiger partial charge in [-0.15, -0.1) is 0 Å². The predicted octanol–water partition coefficient (Wildman–Crippen LogP) is 2.11. The molecule has 7 heteroatoms. The van der Waals surface area contributed by atoms with Gasteiger partial charge < -0.3 is 15.4 Å². The fourth-order valence-corrected chi connectivity index (χ4v) is 4.47. The van der Waals surface area contributed by atoms with Crippen molar-refractivity contribution >= 4 is 15.8 Å². The molecule has 0 bridgehead atoms. The topological polar surface area (TPSA) is 79.8 Å². The van der Waals surface area contributed by atoms with E-state index in [0.29, 0.717) is 25.5 Å². The summed E-state index contributed by atoms with van der Waals surface area (Å²) in [7, 11) is -2.90. The SMILES string of the molecule is CCNC(=NCCOc1ccc(C(C)(C)C)cc1)NC1CCS(=O)(=O)C1. The summed E-state index contributed by atoms with van der Waals surface area (Å²) in [6, 6.07) is 8.08. The number of aliphatic imine (C=N–C) groups is 1. The maximum absolute atomic E-state index is 11.6. The molecule has 1 atom stereocenters. The fraction of sp³-hybridized carbons (Fsp3) is 0.632. The number of ether oxygens (including phenoxy) is 1. The van der Waals surface area contributed by atoms with E-state index in [2.05, 4.69) is 48.5 Å². The molecule has 1 unspecified atom stereocenters. The normalized spacial score (nSPS) is 20.0. The Morgan fingerprint density at radius 2 is 1.96 bits per heavy atom. The third-order valence-electron chi connectivity index (χ3n) is 4.27. The molecule has 2 N–H and O–H groups in total. The van der Waals surface area contributed by atoms with E-state index in [-0.39, 0.29) is 23.0 Å². The predicted molar refractivity (Wildman–Crippen MR) is 107 cm³/mol. The zero-order valence-corrected chi connectivity index (χ0v) is 17.0. The van der Waals surface area contributed by atoms with E-state index in [9.17, 15) is 8.42 Å². The summed E-state index contributed by atoms with van der Waals surface area (Å²) in [5, 5.41) is 6.35. The van der Waals surface area contributed by atoms with Gasteiger partial charge in [0, 0.05) is 12.6 Å². The lowest BCUT2D eigenvalue weighted by Crippen LogP contribution is -2.44. The zero-order valence-electron chi connectivity index (χ0n) is 16.2. The van der Waals surface area contributed by atoms with Crippen molar-refractivity contribution < 1.29 is 13.2 Å². The van der Waals surface area contributed by atoms with Crippen LogP contribution >= 0.6 is 0 Å². The Morgan fingerprint density at radius 1 is 1.27 bits per heavy atom. The van der Waals surface area contributed by atoms with Crippen LogP contribution in [0.1, 0.15) is 39.7 Å². The average molecular weight is 382 g/mol. The Kier molecular flexibility index (Phi) is 6.92. The van der Waals surface area contributed by atoms with Crippen LogP contribution in [-0.2, 0) is 15.3 Å². The Bertz CT molecular complexity index is 707. The molecule has 2 rings (SSSR count).